The van der Waals surface area contributed by atoms with Crippen molar-refractivity contribution in [1.29, 1.82) is 0 Å². The largest absolute Gasteiger partial charge is 0.465 e. The summed E-state index contributed by atoms with van der Waals surface area (Å²) in [5.74, 6) is 0.0621. The van der Waals surface area contributed by atoms with E-state index >= 15 is 0 Å². The Bertz CT molecular complexity index is 319. The Morgan fingerprint density at radius 3 is 2.69 bits per heavy atom. The van der Waals surface area contributed by atoms with Gasteiger partial charge in [0.2, 0.25) is 0 Å². The van der Waals surface area contributed by atoms with Gasteiger partial charge in [0.25, 0.3) is 0 Å². The van der Waals surface area contributed by atoms with Gasteiger partial charge in [-0.2, -0.15) is 0 Å². The highest BCUT2D eigenvalue weighted by Crippen LogP contribution is 2.35. The van der Waals surface area contributed by atoms with Crippen LogP contribution >= 0.6 is 47.8 Å². The lowest BCUT2D eigenvalue weighted by Gasteiger charge is -2.00. The first-order valence-corrected chi connectivity index (χ1v) is 5.84. The van der Waals surface area contributed by atoms with E-state index in [1.165, 1.54) is 7.11 Å². The Balaban J connectivity index is 3.11. The predicted molar refractivity (Wildman–Crippen MR) is 58.3 cm³/mol. The van der Waals surface area contributed by atoms with Gasteiger partial charge in [0.05, 0.1) is 7.11 Å². The Kier molecular flexibility index (Phi) is 4.00. The maximum atomic E-state index is 11.2. The summed E-state index contributed by atoms with van der Waals surface area (Å²) < 4.78 is 10.1. The summed E-state index contributed by atoms with van der Waals surface area (Å²) in [6.07, 6.45) is 0. The average Bonchev–Trinajstić information content (AvgIpc) is 2.46. The number of furan rings is 1. The first-order valence-electron chi connectivity index (χ1n) is 3.22. The molecule has 3 nitrogen and oxygen atoms in total. The lowest BCUT2D eigenvalue weighted by atomic mass is 10.3. The monoisotopic (exact) mass is 374 g/mol. The SMILES string of the molecule is COC(=O)c1cc(Br)oc1C(Br)Br. The molecule has 0 spiro atoms. The summed E-state index contributed by atoms with van der Waals surface area (Å²) in [6.45, 7) is 0. The molecule has 72 valence electrons. The molecule has 0 bridgehead atoms. The van der Waals surface area contributed by atoms with Crippen molar-refractivity contribution in [3.63, 3.8) is 0 Å². The van der Waals surface area contributed by atoms with Gasteiger partial charge in [-0.1, -0.05) is 31.9 Å². The first kappa shape index (κ1) is 11.3. The maximum Gasteiger partial charge on any atom is 0.341 e. The molecule has 1 aromatic rings. The van der Waals surface area contributed by atoms with E-state index in [9.17, 15) is 4.79 Å². The van der Waals surface area contributed by atoms with Gasteiger partial charge < -0.3 is 9.15 Å². The molecule has 0 N–H and O–H groups in total. The number of alkyl halides is 2. The molecule has 1 heterocycles. The normalized spacial score (nSPS) is 10.5. The van der Waals surface area contributed by atoms with E-state index in [0.29, 0.717) is 16.0 Å². The fraction of sp³-hybridized carbons (Fsp3) is 0.286. The summed E-state index contributed by atoms with van der Waals surface area (Å²) in [6, 6.07) is 1.57. The molecule has 13 heavy (non-hydrogen) atoms. The molecule has 0 aromatic carbocycles. The van der Waals surface area contributed by atoms with E-state index in [1.807, 2.05) is 0 Å². The summed E-state index contributed by atoms with van der Waals surface area (Å²) in [5, 5.41) is 0. The minimum absolute atomic E-state index is 0.208. The summed E-state index contributed by atoms with van der Waals surface area (Å²) in [4.78, 5) is 11.2. The van der Waals surface area contributed by atoms with Crippen molar-refractivity contribution >= 4 is 53.8 Å². The standard InChI is InChI=1S/C7H5Br3O3/c1-12-7(11)3-2-4(8)13-5(3)6(9)10/h2,6H,1H3. The van der Waals surface area contributed by atoms with Crippen LogP contribution in [-0.4, -0.2) is 13.1 Å². The van der Waals surface area contributed by atoms with Crippen molar-refractivity contribution in [3.8, 4) is 0 Å². The number of carbonyl (C=O) groups is 1. The van der Waals surface area contributed by atoms with Crippen LogP contribution in [0.5, 0.6) is 0 Å². The molecule has 0 saturated carbocycles. The second kappa shape index (κ2) is 4.61. The van der Waals surface area contributed by atoms with Crippen LogP contribution in [0.4, 0.5) is 0 Å². The van der Waals surface area contributed by atoms with Crippen molar-refractivity contribution in [2.45, 2.75) is 3.74 Å². The van der Waals surface area contributed by atoms with Crippen molar-refractivity contribution in [2.75, 3.05) is 7.11 Å². The molecule has 0 saturated heterocycles. The van der Waals surface area contributed by atoms with Crippen LogP contribution in [0.15, 0.2) is 15.2 Å². The highest BCUT2D eigenvalue weighted by Gasteiger charge is 2.21. The van der Waals surface area contributed by atoms with Gasteiger partial charge in [0.15, 0.2) is 4.67 Å². The quantitative estimate of drug-likeness (QED) is 0.584. The van der Waals surface area contributed by atoms with Gasteiger partial charge in [-0.15, -0.1) is 0 Å². The molecular formula is C7H5Br3O3. The van der Waals surface area contributed by atoms with E-state index in [-0.39, 0.29) is 3.74 Å². The van der Waals surface area contributed by atoms with Gasteiger partial charge in [-0.05, 0) is 15.9 Å². The molecular weight excluding hydrogens is 372 g/mol. The van der Waals surface area contributed by atoms with Crippen LogP contribution in [0.3, 0.4) is 0 Å². The van der Waals surface area contributed by atoms with Crippen LogP contribution in [0.2, 0.25) is 0 Å². The zero-order chi connectivity index (χ0) is 10.0. The molecule has 0 radical (unpaired) electrons. The van der Waals surface area contributed by atoms with Gasteiger partial charge in [-0.3, -0.25) is 0 Å². The third-order valence-corrected chi connectivity index (χ3v) is 2.56. The van der Waals surface area contributed by atoms with E-state index in [2.05, 4.69) is 52.5 Å². The zero-order valence-corrected chi connectivity index (χ0v) is 11.3. The van der Waals surface area contributed by atoms with Gasteiger partial charge in [0.1, 0.15) is 15.1 Å². The van der Waals surface area contributed by atoms with Crippen LogP contribution in [0.25, 0.3) is 0 Å². The van der Waals surface area contributed by atoms with E-state index < -0.39 is 5.97 Å². The molecule has 0 unspecified atom stereocenters. The molecule has 0 atom stereocenters. The van der Waals surface area contributed by atoms with Gasteiger partial charge in [0, 0.05) is 6.07 Å². The summed E-state index contributed by atoms with van der Waals surface area (Å²) in [7, 11) is 1.32. The molecule has 0 aliphatic rings. The lowest BCUT2D eigenvalue weighted by Crippen LogP contribution is -2.02. The molecule has 6 heteroatoms. The topological polar surface area (TPSA) is 39.4 Å². The smallest absolute Gasteiger partial charge is 0.341 e. The second-order valence-electron chi connectivity index (χ2n) is 2.12. The fourth-order valence-electron chi connectivity index (χ4n) is 0.806. The minimum atomic E-state index is -0.423. The van der Waals surface area contributed by atoms with Crippen LogP contribution in [-0.2, 0) is 4.74 Å². The van der Waals surface area contributed by atoms with E-state index in [0.717, 1.165) is 0 Å². The number of methoxy groups -OCH3 is 1. The Morgan fingerprint density at radius 2 is 2.23 bits per heavy atom. The number of hydrogen-bond acceptors (Lipinski definition) is 3. The van der Waals surface area contributed by atoms with Crippen LogP contribution < -0.4 is 0 Å². The molecule has 0 aliphatic heterocycles. The number of hydrogen-bond donors (Lipinski definition) is 0. The van der Waals surface area contributed by atoms with Crippen LogP contribution in [0.1, 0.15) is 19.9 Å². The fourth-order valence-corrected chi connectivity index (χ4v) is 1.89. The predicted octanol–water partition coefficient (Wildman–Crippen LogP) is 3.62. The summed E-state index contributed by atoms with van der Waals surface area (Å²) >= 11 is 9.61. The highest BCUT2D eigenvalue weighted by atomic mass is 79.9. The van der Waals surface area contributed by atoms with Crippen LogP contribution in [0, 0.1) is 0 Å². The average molecular weight is 377 g/mol. The van der Waals surface area contributed by atoms with E-state index in [4.69, 9.17) is 4.42 Å². The van der Waals surface area contributed by atoms with Crippen molar-refractivity contribution in [2.24, 2.45) is 0 Å². The van der Waals surface area contributed by atoms with Gasteiger partial charge >= 0.3 is 5.97 Å². The first-order chi connectivity index (χ1) is 6.06. The van der Waals surface area contributed by atoms with E-state index in [1.54, 1.807) is 6.07 Å². The Hall–Kier alpha value is 0.190. The number of ether oxygens (including phenoxy) is 1. The third kappa shape index (κ3) is 2.57. The van der Waals surface area contributed by atoms with Crippen molar-refractivity contribution in [1.82, 2.24) is 0 Å². The number of rotatable bonds is 2. The lowest BCUT2D eigenvalue weighted by molar-refractivity contribution is 0.0598. The van der Waals surface area contributed by atoms with Gasteiger partial charge in [-0.25, -0.2) is 4.79 Å². The highest BCUT2D eigenvalue weighted by molar-refractivity contribution is 9.24. The second-order valence-corrected chi connectivity index (χ2v) is 5.96. The molecule has 1 aromatic heterocycles. The number of esters is 1. The maximum absolute atomic E-state index is 11.2. The van der Waals surface area contributed by atoms with Crippen molar-refractivity contribution in [3.05, 3.63) is 22.1 Å². The Morgan fingerprint density at radius 1 is 1.62 bits per heavy atom. The summed E-state index contributed by atoms with van der Waals surface area (Å²) in [5.41, 5.74) is 0.396. The molecule has 0 fully saturated rings. The minimum Gasteiger partial charge on any atom is -0.465 e. The third-order valence-electron chi connectivity index (χ3n) is 1.33. The zero-order valence-electron chi connectivity index (χ0n) is 6.51. The number of carbonyl (C=O) groups excluding carboxylic acids is 1. The molecule has 0 aliphatic carbocycles. The molecule has 0 amide bonds. The molecule has 1 rings (SSSR count). The Labute approximate surface area is 100 Å². The van der Waals surface area contributed by atoms with Crippen molar-refractivity contribution < 1.29 is 13.9 Å². The number of halogens is 3.